The van der Waals surface area contributed by atoms with Gasteiger partial charge in [-0.2, -0.15) is 0 Å². The molecule has 21 nitrogen and oxygen atoms in total. The fourth-order valence-electron chi connectivity index (χ4n) is 4.17. The van der Waals surface area contributed by atoms with E-state index in [1.807, 2.05) is 5.32 Å². The lowest BCUT2D eigenvalue weighted by Gasteiger charge is -2.21. The van der Waals surface area contributed by atoms with E-state index < -0.39 is 122 Å². The van der Waals surface area contributed by atoms with Gasteiger partial charge < -0.3 is 51.0 Å². The van der Waals surface area contributed by atoms with Crippen LogP contribution in [-0.2, 0) is 57.4 Å². The first-order chi connectivity index (χ1) is 25.1. The van der Waals surface area contributed by atoms with E-state index in [0.29, 0.717) is 0 Å². The summed E-state index contributed by atoms with van der Waals surface area (Å²) < 4.78 is 9.58. The van der Waals surface area contributed by atoms with Gasteiger partial charge in [-0.3, -0.25) is 45.2 Å². The summed E-state index contributed by atoms with van der Waals surface area (Å²) in [5, 5.41) is 29.3. The first-order valence-corrected chi connectivity index (χ1v) is 16.6. The number of Topliss-reactive ketones (excluding diaryl/α,β-unsaturated/α-hetero) is 3. The Balaban J connectivity index is 5.33. The van der Waals surface area contributed by atoms with Crippen molar-refractivity contribution in [3.05, 3.63) is 24.3 Å². The molecule has 3 amide bonds. The Bertz CT molecular complexity index is 1490. The summed E-state index contributed by atoms with van der Waals surface area (Å²) in [6.07, 6.45) is -3.62. The summed E-state index contributed by atoms with van der Waals surface area (Å²) in [5.74, 6) is -9.89. The molecule has 0 bridgehead atoms. The second-order valence-electron chi connectivity index (χ2n) is 12.1. The zero-order valence-electron chi connectivity index (χ0n) is 30.3. The predicted molar refractivity (Wildman–Crippen MR) is 180 cm³/mol. The van der Waals surface area contributed by atoms with Gasteiger partial charge in [0.2, 0.25) is 17.7 Å². The van der Waals surface area contributed by atoms with Gasteiger partial charge in [0.05, 0.1) is 24.6 Å². The molecule has 4 atom stereocenters. The Kier molecular flexibility index (Phi) is 22.3. The second-order valence-corrected chi connectivity index (χ2v) is 12.1. The van der Waals surface area contributed by atoms with Crippen LogP contribution in [0.3, 0.4) is 0 Å². The SMILES string of the molecule is C=C(C)C(=O)OC[C@H](NC(=O)CCC(=O)[C@H](CC(=O)[O-])NC(=O)CCC(=O)[C@H](CCC[NH+]=C(N)N)NC(=O)CCC(=O)[C@@H]([NH3+])COC(=O)C(=C)C)C(=O)[O-]. The van der Waals surface area contributed by atoms with Crippen molar-refractivity contribution in [1.29, 1.82) is 0 Å². The lowest BCUT2D eigenvalue weighted by Crippen LogP contribution is -2.78. The third-order valence-corrected chi connectivity index (χ3v) is 7.18. The van der Waals surface area contributed by atoms with Crippen LogP contribution in [0.4, 0.5) is 0 Å². The monoisotopic (exact) mass is 767 g/mol. The van der Waals surface area contributed by atoms with E-state index in [1.54, 1.807) is 0 Å². The number of hydrogen-bond donors (Lipinski definition) is 7. The van der Waals surface area contributed by atoms with Gasteiger partial charge in [0.1, 0.15) is 12.6 Å². The number of nitrogens with two attached hydrogens (primary N) is 2. The van der Waals surface area contributed by atoms with Gasteiger partial charge in [0, 0.05) is 62.1 Å². The van der Waals surface area contributed by atoms with Gasteiger partial charge in [-0.1, -0.05) is 13.2 Å². The Morgan fingerprint density at radius 3 is 1.54 bits per heavy atom. The Morgan fingerprint density at radius 2 is 1.09 bits per heavy atom. The summed E-state index contributed by atoms with van der Waals surface area (Å²) in [4.78, 5) is 124. The molecule has 0 heterocycles. The summed E-state index contributed by atoms with van der Waals surface area (Å²) in [7, 11) is 0. The van der Waals surface area contributed by atoms with E-state index in [1.165, 1.54) is 13.8 Å². The number of hydrogen-bond acceptors (Lipinski definition) is 14. The number of ketones is 3. The van der Waals surface area contributed by atoms with Crippen molar-refractivity contribution in [2.24, 2.45) is 11.5 Å². The summed E-state index contributed by atoms with van der Waals surface area (Å²) in [6.45, 7) is 8.58. The molecule has 0 saturated carbocycles. The maximum absolute atomic E-state index is 13.1. The number of carboxylic acids is 2. The lowest BCUT2D eigenvalue weighted by molar-refractivity contribution is -0.459. The highest BCUT2D eigenvalue weighted by molar-refractivity contribution is 5.96. The highest BCUT2D eigenvalue weighted by Crippen LogP contribution is 2.08. The molecule has 0 aliphatic carbocycles. The maximum Gasteiger partial charge on any atom is 0.338 e. The summed E-state index contributed by atoms with van der Waals surface area (Å²) in [6, 6.07) is -5.56. The second kappa shape index (κ2) is 25.1. The number of carboxylic acid groups (broad SMARTS) is 2. The molecule has 0 spiro atoms. The van der Waals surface area contributed by atoms with Gasteiger partial charge in [-0.25, -0.2) is 9.59 Å². The zero-order chi connectivity index (χ0) is 41.5. The molecule has 0 aromatic heterocycles. The average molecular weight is 768 g/mol. The Hall–Kier alpha value is -5.99. The maximum atomic E-state index is 13.1. The van der Waals surface area contributed by atoms with Crippen LogP contribution < -0.4 is 48.4 Å². The van der Waals surface area contributed by atoms with E-state index in [9.17, 15) is 58.2 Å². The quantitative estimate of drug-likeness (QED) is 0.0128. The standard InChI is InChI=1S/C33H49N7O14/c1-17(2)31(51)53-15-19(34)23(41)7-10-26(44)38-20(6-5-13-37-33(35)36)24(42)8-11-27(45)39-21(14-29(47)48)25(43)9-12-28(46)40-22(30(49)50)16-54-32(52)18(3)4/h19-22H,1,3,5-16,34H2,2,4H3,(H,38,44)(H,39,45)(H,40,46)(H,47,48)(H,49,50)(H4,35,36,37)/t19-,20-,21-,22-/m0/s1. The number of quaternary nitrogens is 1. The van der Waals surface area contributed by atoms with E-state index in [2.05, 4.69) is 39.3 Å². The number of rotatable bonds is 28. The van der Waals surface area contributed by atoms with Crippen LogP contribution >= 0.6 is 0 Å². The number of aliphatic carboxylic acids is 2. The highest BCUT2D eigenvalue weighted by Gasteiger charge is 2.26. The van der Waals surface area contributed by atoms with Gasteiger partial charge in [-0.15, -0.1) is 0 Å². The van der Waals surface area contributed by atoms with Crippen molar-refractivity contribution >= 4 is 64.9 Å². The van der Waals surface area contributed by atoms with Crippen molar-refractivity contribution in [2.75, 3.05) is 19.8 Å². The van der Waals surface area contributed by atoms with Crippen molar-refractivity contribution in [3.63, 3.8) is 0 Å². The molecule has 300 valence electrons. The third kappa shape index (κ3) is 21.4. The van der Waals surface area contributed by atoms with Crippen molar-refractivity contribution in [1.82, 2.24) is 16.0 Å². The Labute approximate surface area is 310 Å². The minimum atomic E-state index is -1.80. The van der Waals surface area contributed by atoms with E-state index in [4.69, 9.17) is 16.2 Å². The normalized spacial score (nSPS) is 12.6. The molecule has 11 N–H and O–H groups in total. The number of carbonyl (C=O) groups excluding carboxylic acids is 10. The highest BCUT2D eigenvalue weighted by atomic mass is 16.5. The molecule has 0 aliphatic rings. The number of nitrogens with one attached hydrogen (secondary N) is 4. The zero-order valence-corrected chi connectivity index (χ0v) is 30.3. The number of esters is 2. The number of ether oxygens (including phenoxy) is 2. The van der Waals surface area contributed by atoms with E-state index in [0.717, 1.165) is 0 Å². The number of carbonyl (C=O) groups is 10. The van der Waals surface area contributed by atoms with Crippen LogP contribution in [0, 0.1) is 0 Å². The predicted octanol–water partition coefficient (Wildman–Crippen LogP) is -7.64. The molecule has 0 saturated heterocycles. The van der Waals surface area contributed by atoms with Crippen LogP contribution in [0.5, 0.6) is 0 Å². The van der Waals surface area contributed by atoms with E-state index in [-0.39, 0.29) is 55.9 Å². The van der Waals surface area contributed by atoms with Gasteiger partial charge in [0.15, 0.2) is 30.0 Å². The van der Waals surface area contributed by atoms with Crippen LogP contribution in [0.2, 0.25) is 0 Å². The van der Waals surface area contributed by atoms with Crippen LogP contribution in [-0.4, -0.2) is 109 Å². The fourth-order valence-corrected chi connectivity index (χ4v) is 4.17. The van der Waals surface area contributed by atoms with Crippen LogP contribution in [0.25, 0.3) is 0 Å². The largest absolute Gasteiger partial charge is 0.550 e. The molecule has 0 aliphatic heterocycles. The van der Waals surface area contributed by atoms with E-state index >= 15 is 0 Å². The summed E-state index contributed by atoms with van der Waals surface area (Å²) >= 11 is 0. The molecule has 0 aromatic rings. The number of guanidine groups is 1. The van der Waals surface area contributed by atoms with Crippen molar-refractivity contribution in [2.45, 2.75) is 95.8 Å². The molecular weight excluding hydrogens is 718 g/mol. The molecular formula is C33H49N7O14. The molecule has 0 radical (unpaired) electrons. The van der Waals surface area contributed by atoms with Crippen LogP contribution in [0.1, 0.15) is 71.6 Å². The van der Waals surface area contributed by atoms with Gasteiger partial charge >= 0.3 is 17.9 Å². The molecule has 0 aromatic carbocycles. The van der Waals surface area contributed by atoms with Gasteiger partial charge in [-0.05, 0) is 26.7 Å². The minimum absolute atomic E-state index is 0.0336. The lowest BCUT2D eigenvalue weighted by atomic mass is 10.0. The molecule has 54 heavy (non-hydrogen) atoms. The molecule has 0 rings (SSSR count). The van der Waals surface area contributed by atoms with Crippen molar-refractivity contribution < 1.29 is 78.4 Å². The fraction of sp³-hybridized carbons (Fsp3) is 0.545. The van der Waals surface area contributed by atoms with Crippen LogP contribution in [0.15, 0.2) is 24.3 Å². The van der Waals surface area contributed by atoms with Gasteiger partial charge in [0.25, 0.3) is 0 Å². The smallest absolute Gasteiger partial charge is 0.338 e. The third-order valence-electron chi connectivity index (χ3n) is 7.18. The molecule has 21 heteroatoms. The topological polar surface area (TPSA) is 365 Å². The molecule has 0 unspecified atom stereocenters. The Morgan fingerprint density at radius 1 is 0.667 bits per heavy atom. The summed E-state index contributed by atoms with van der Waals surface area (Å²) in [5.41, 5.74) is 14.4. The molecule has 0 fully saturated rings. The minimum Gasteiger partial charge on any atom is -0.550 e. The first kappa shape index (κ1) is 48.0. The van der Waals surface area contributed by atoms with Crippen molar-refractivity contribution in [3.8, 4) is 0 Å². The average Bonchev–Trinajstić information content (AvgIpc) is 3.09. The number of amides is 3. The first-order valence-electron chi connectivity index (χ1n) is 16.6.